The van der Waals surface area contributed by atoms with Crippen LogP contribution in [0.3, 0.4) is 0 Å². The molecule has 4 heteroatoms. The average molecular weight is 426 g/mol. The molecule has 0 aliphatic carbocycles. The first kappa shape index (κ1) is 21.4. The van der Waals surface area contributed by atoms with Crippen LogP contribution in [0.25, 0.3) is 27.7 Å². The molecule has 1 amide bonds. The van der Waals surface area contributed by atoms with E-state index in [0.29, 0.717) is 12.3 Å². The third-order valence-electron chi connectivity index (χ3n) is 5.59. The smallest absolute Gasteiger partial charge is 0.244 e. The lowest BCUT2D eigenvalue weighted by atomic mass is 9.99. The molecule has 0 unspecified atom stereocenters. The highest BCUT2D eigenvalue weighted by Gasteiger charge is 2.15. The standard InChI is InChI=1S/C28H27NO3/c1-19-9-11-22(12-10-19)25-18-32-27-17-26(31-3)23(16-24(25)27)20(2)15-28(30)29-14-13-21-7-5-4-6-8-21/h4-12,15-18H,13-14H2,1-3H3,(H,29,30)/b20-15+. The number of methoxy groups -OCH3 is 1. The molecule has 0 atom stereocenters. The van der Waals surface area contributed by atoms with Crippen LogP contribution in [-0.4, -0.2) is 19.6 Å². The number of aryl methyl sites for hydroxylation is 1. The molecule has 1 N–H and O–H groups in total. The minimum absolute atomic E-state index is 0.119. The van der Waals surface area contributed by atoms with Crippen LogP contribution in [0.2, 0.25) is 0 Å². The number of carbonyl (C=O) groups is 1. The summed E-state index contributed by atoms with van der Waals surface area (Å²) in [5.74, 6) is 0.555. The van der Waals surface area contributed by atoms with Gasteiger partial charge < -0.3 is 14.5 Å². The van der Waals surface area contributed by atoms with E-state index in [-0.39, 0.29) is 5.91 Å². The van der Waals surface area contributed by atoms with Gasteiger partial charge in [-0.05, 0) is 43.0 Å². The second-order valence-corrected chi connectivity index (χ2v) is 7.92. The molecule has 1 heterocycles. The van der Waals surface area contributed by atoms with Gasteiger partial charge in [-0.25, -0.2) is 0 Å². The van der Waals surface area contributed by atoms with Crippen molar-refractivity contribution in [1.82, 2.24) is 5.32 Å². The van der Waals surface area contributed by atoms with E-state index < -0.39 is 0 Å². The molecule has 0 radical (unpaired) electrons. The number of allylic oxidation sites excluding steroid dienone is 1. The van der Waals surface area contributed by atoms with Crippen molar-refractivity contribution in [2.24, 2.45) is 0 Å². The molecule has 32 heavy (non-hydrogen) atoms. The zero-order valence-electron chi connectivity index (χ0n) is 18.6. The highest BCUT2D eigenvalue weighted by Crippen LogP contribution is 2.37. The first-order chi connectivity index (χ1) is 15.5. The fourth-order valence-corrected chi connectivity index (χ4v) is 3.79. The van der Waals surface area contributed by atoms with Crippen molar-refractivity contribution >= 4 is 22.4 Å². The number of furan rings is 1. The Morgan fingerprint density at radius 2 is 1.81 bits per heavy atom. The second-order valence-electron chi connectivity index (χ2n) is 7.92. The molecule has 0 fully saturated rings. The Hall–Kier alpha value is -3.79. The van der Waals surface area contributed by atoms with E-state index in [4.69, 9.17) is 9.15 Å². The Morgan fingerprint density at radius 1 is 1.06 bits per heavy atom. The molecule has 4 rings (SSSR count). The predicted octanol–water partition coefficient (Wildman–Crippen LogP) is 6.18. The van der Waals surface area contributed by atoms with Crippen LogP contribution in [0.4, 0.5) is 0 Å². The van der Waals surface area contributed by atoms with Gasteiger partial charge in [0.25, 0.3) is 0 Å². The van der Waals surface area contributed by atoms with Gasteiger partial charge in [0.15, 0.2) is 0 Å². The van der Waals surface area contributed by atoms with Crippen molar-refractivity contribution in [2.45, 2.75) is 20.3 Å². The lowest BCUT2D eigenvalue weighted by molar-refractivity contribution is -0.116. The maximum Gasteiger partial charge on any atom is 0.244 e. The van der Waals surface area contributed by atoms with Gasteiger partial charge in [-0.3, -0.25) is 4.79 Å². The van der Waals surface area contributed by atoms with Crippen LogP contribution >= 0.6 is 0 Å². The van der Waals surface area contributed by atoms with E-state index in [9.17, 15) is 4.79 Å². The Balaban J connectivity index is 1.58. The van der Waals surface area contributed by atoms with Crippen LogP contribution in [-0.2, 0) is 11.2 Å². The van der Waals surface area contributed by atoms with Gasteiger partial charge in [0.2, 0.25) is 5.91 Å². The van der Waals surface area contributed by atoms with Crippen molar-refractivity contribution < 1.29 is 13.9 Å². The summed E-state index contributed by atoms with van der Waals surface area (Å²) in [5, 5.41) is 3.96. The number of carbonyl (C=O) groups excluding carboxylic acids is 1. The van der Waals surface area contributed by atoms with Crippen molar-refractivity contribution in [3.8, 4) is 16.9 Å². The SMILES string of the molecule is COc1cc2occ(-c3ccc(C)cc3)c2cc1/C(C)=C/C(=O)NCCc1ccccc1. The Kier molecular flexibility index (Phi) is 6.41. The summed E-state index contributed by atoms with van der Waals surface area (Å²) in [6, 6.07) is 22.4. The predicted molar refractivity (Wildman–Crippen MR) is 130 cm³/mol. The fraction of sp³-hybridized carbons (Fsp3) is 0.179. The lowest BCUT2D eigenvalue weighted by Gasteiger charge is -2.10. The number of rotatable bonds is 7. The lowest BCUT2D eigenvalue weighted by Crippen LogP contribution is -2.23. The Labute approximate surface area is 188 Å². The quantitative estimate of drug-likeness (QED) is 0.360. The number of hydrogen-bond acceptors (Lipinski definition) is 3. The molecule has 0 spiro atoms. The van der Waals surface area contributed by atoms with Gasteiger partial charge in [0.1, 0.15) is 11.3 Å². The number of amides is 1. The third-order valence-corrected chi connectivity index (χ3v) is 5.59. The summed E-state index contributed by atoms with van der Waals surface area (Å²) in [4.78, 5) is 12.5. The minimum atomic E-state index is -0.119. The zero-order chi connectivity index (χ0) is 22.5. The zero-order valence-corrected chi connectivity index (χ0v) is 18.6. The highest BCUT2D eigenvalue weighted by atomic mass is 16.5. The molecule has 0 saturated heterocycles. The number of ether oxygens (including phenoxy) is 1. The van der Waals surface area contributed by atoms with E-state index in [0.717, 1.165) is 39.7 Å². The molecule has 0 saturated carbocycles. The molecule has 0 aliphatic heterocycles. The summed E-state index contributed by atoms with van der Waals surface area (Å²) in [6.07, 6.45) is 4.19. The summed E-state index contributed by atoms with van der Waals surface area (Å²) in [7, 11) is 1.63. The first-order valence-electron chi connectivity index (χ1n) is 10.7. The monoisotopic (exact) mass is 425 g/mol. The summed E-state index contributed by atoms with van der Waals surface area (Å²) < 4.78 is 11.4. The van der Waals surface area contributed by atoms with Crippen molar-refractivity contribution in [3.05, 3.63) is 95.8 Å². The van der Waals surface area contributed by atoms with E-state index in [1.807, 2.05) is 37.3 Å². The summed E-state index contributed by atoms with van der Waals surface area (Å²) in [6.45, 7) is 4.58. The van der Waals surface area contributed by atoms with Gasteiger partial charge in [-0.15, -0.1) is 0 Å². The molecule has 4 aromatic rings. The van der Waals surface area contributed by atoms with E-state index in [2.05, 4.69) is 48.6 Å². The van der Waals surface area contributed by atoms with Crippen LogP contribution in [0.15, 0.2) is 83.5 Å². The van der Waals surface area contributed by atoms with Crippen molar-refractivity contribution in [2.75, 3.05) is 13.7 Å². The van der Waals surface area contributed by atoms with Crippen LogP contribution in [0, 0.1) is 6.92 Å². The topological polar surface area (TPSA) is 51.5 Å². The molecule has 3 aromatic carbocycles. The van der Waals surface area contributed by atoms with Crippen LogP contribution in [0.5, 0.6) is 5.75 Å². The number of nitrogens with one attached hydrogen (secondary N) is 1. The molecule has 4 nitrogen and oxygen atoms in total. The van der Waals surface area contributed by atoms with Gasteiger partial charge in [0, 0.05) is 35.2 Å². The maximum atomic E-state index is 12.5. The Bertz CT molecular complexity index is 1250. The molecule has 0 bridgehead atoms. The molecular formula is C28H27NO3. The van der Waals surface area contributed by atoms with Gasteiger partial charge in [-0.2, -0.15) is 0 Å². The number of hydrogen-bond donors (Lipinski definition) is 1. The highest BCUT2D eigenvalue weighted by molar-refractivity contribution is 6.00. The minimum Gasteiger partial charge on any atom is -0.496 e. The van der Waals surface area contributed by atoms with Crippen molar-refractivity contribution in [1.29, 1.82) is 0 Å². The molecule has 1 aromatic heterocycles. The molecule has 0 aliphatic rings. The maximum absolute atomic E-state index is 12.5. The normalized spacial score (nSPS) is 11.5. The summed E-state index contributed by atoms with van der Waals surface area (Å²) in [5.41, 5.74) is 6.96. The van der Waals surface area contributed by atoms with Crippen LogP contribution in [0.1, 0.15) is 23.6 Å². The van der Waals surface area contributed by atoms with Crippen LogP contribution < -0.4 is 10.1 Å². The van der Waals surface area contributed by atoms with E-state index in [1.54, 1.807) is 19.4 Å². The fourth-order valence-electron chi connectivity index (χ4n) is 3.79. The second kappa shape index (κ2) is 9.56. The van der Waals surface area contributed by atoms with E-state index in [1.165, 1.54) is 11.1 Å². The average Bonchev–Trinajstić information content (AvgIpc) is 3.22. The summed E-state index contributed by atoms with van der Waals surface area (Å²) >= 11 is 0. The number of fused-ring (bicyclic) bond motifs is 1. The molecular weight excluding hydrogens is 398 g/mol. The first-order valence-corrected chi connectivity index (χ1v) is 10.7. The Morgan fingerprint density at radius 3 is 2.53 bits per heavy atom. The van der Waals surface area contributed by atoms with E-state index >= 15 is 0 Å². The number of benzene rings is 3. The third kappa shape index (κ3) is 4.75. The molecule has 162 valence electrons. The van der Waals surface area contributed by atoms with Crippen molar-refractivity contribution in [3.63, 3.8) is 0 Å². The van der Waals surface area contributed by atoms with Gasteiger partial charge >= 0.3 is 0 Å². The van der Waals surface area contributed by atoms with Gasteiger partial charge in [0.05, 0.1) is 13.4 Å². The van der Waals surface area contributed by atoms with Gasteiger partial charge in [-0.1, -0.05) is 60.2 Å². The largest absolute Gasteiger partial charge is 0.496 e.